The third-order valence-electron chi connectivity index (χ3n) is 5.48. The molecule has 1 aliphatic heterocycles. The highest BCUT2D eigenvalue weighted by molar-refractivity contribution is 7.11. The van der Waals surface area contributed by atoms with Gasteiger partial charge in [0, 0.05) is 48.0 Å². The fourth-order valence-electron chi connectivity index (χ4n) is 3.62. The zero-order chi connectivity index (χ0) is 20.7. The van der Waals surface area contributed by atoms with Gasteiger partial charge in [-0.15, -0.1) is 11.3 Å². The molecule has 158 valence electrons. The van der Waals surface area contributed by atoms with E-state index in [1.165, 1.54) is 15.4 Å². The predicted molar refractivity (Wildman–Crippen MR) is 122 cm³/mol. The first-order chi connectivity index (χ1) is 14.0. The Morgan fingerprint density at radius 1 is 1.28 bits per heavy atom. The highest BCUT2D eigenvalue weighted by Gasteiger charge is 2.34. The molecule has 1 aliphatic rings. The molecule has 2 N–H and O–H groups in total. The summed E-state index contributed by atoms with van der Waals surface area (Å²) in [6, 6.07) is 8.20. The molecule has 0 bridgehead atoms. The van der Waals surface area contributed by atoms with Gasteiger partial charge in [-0.25, -0.2) is 4.98 Å². The average Bonchev–Trinajstić information content (AvgIpc) is 3.04. The molecule has 0 spiro atoms. The number of benzene rings is 1. The fraction of sp³-hybridized carbons (Fsp3) is 0.545. The van der Waals surface area contributed by atoms with E-state index >= 15 is 0 Å². The number of nitrogens with one attached hydrogen (secondary N) is 2. The second-order valence-corrected chi connectivity index (χ2v) is 9.25. The summed E-state index contributed by atoms with van der Waals surface area (Å²) in [6.07, 6.45) is 2.80. The molecule has 0 unspecified atom stereocenters. The molecule has 7 heteroatoms. The lowest BCUT2D eigenvalue weighted by molar-refractivity contribution is 0.0531. The molecule has 0 atom stereocenters. The lowest BCUT2D eigenvalue weighted by Crippen LogP contribution is -2.41. The van der Waals surface area contributed by atoms with E-state index in [0.29, 0.717) is 6.54 Å². The minimum atomic E-state index is -0.0327. The van der Waals surface area contributed by atoms with Crippen molar-refractivity contribution in [2.24, 2.45) is 4.99 Å². The first-order valence-electron chi connectivity index (χ1n) is 10.3. The van der Waals surface area contributed by atoms with Crippen LogP contribution in [-0.4, -0.2) is 43.8 Å². The van der Waals surface area contributed by atoms with Crippen LogP contribution in [0.25, 0.3) is 0 Å². The standard InChI is InChI=1S/C22H31ClN4OS/c1-4-24-21(25-11-8-20-27-16(2)17(3)29-20)26-15-22(9-12-28-13-10-22)18-6-5-7-19(23)14-18/h5-7,14H,4,8-13,15H2,1-3H3,(H2,24,25,26). The quantitative estimate of drug-likeness (QED) is 0.505. The molecule has 1 fully saturated rings. The second-order valence-electron chi connectivity index (χ2n) is 7.52. The lowest BCUT2D eigenvalue weighted by Gasteiger charge is -2.36. The number of aryl methyl sites for hydroxylation is 2. The highest BCUT2D eigenvalue weighted by Crippen LogP contribution is 2.36. The van der Waals surface area contributed by atoms with Crippen LogP contribution >= 0.6 is 22.9 Å². The summed E-state index contributed by atoms with van der Waals surface area (Å²) >= 11 is 8.06. The molecule has 2 aromatic rings. The Labute approximate surface area is 182 Å². The molecule has 29 heavy (non-hydrogen) atoms. The van der Waals surface area contributed by atoms with Crippen LogP contribution in [0.5, 0.6) is 0 Å². The molecular formula is C22H31ClN4OS. The van der Waals surface area contributed by atoms with Gasteiger partial charge in [-0.2, -0.15) is 0 Å². The molecule has 0 amide bonds. The van der Waals surface area contributed by atoms with Gasteiger partial charge < -0.3 is 15.4 Å². The van der Waals surface area contributed by atoms with Crippen molar-refractivity contribution >= 4 is 28.9 Å². The molecule has 3 rings (SSSR count). The molecular weight excluding hydrogens is 404 g/mol. The Morgan fingerprint density at radius 2 is 2.07 bits per heavy atom. The maximum absolute atomic E-state index is 6.28. The molecule has 2 heterocycles. The minimum Gasteiger partial charge on any atom is -0.381 e. The first kappa shape index (κ1) is 22.1. The zero-order valence-corrected chi connectivity index (χ0v) is 19.1. The summed E-state index contributed by atoms with van der Waals surface area (Å²) in [4.78, 5) is 10.9. The summed E-state index contributed by atoms with van der Waals surface area (Å²) in [7, 11) is 0. The maximum Gasteiger partial charge on any atom is 0.191 e. The number of ether oxygens (including phenoxy) is 1. The van der Waals surface area contributed by atoms with E-state index in [1.807, 2.05) is 12.1 Å². The number of hydrogen-bond donors (Lipinski definition) is 2. The number of aromatic nitrogens is 1. The van der Waals surface area contributed by atoms with Gasteiger partial charge in [0.1, 0.15) is 0 Å². The van der Waals surface area contributed by atoms with Gasteiger partial charge in [0.2, 0.25) is 0 Å². The third-order valence-corrected chi connectivity index (χ3v) is 6.84. The number of guanidine groups is 1. The molecule has 1 aromatic heterocycles. The van der Waals surface area contributed by atoms with Gasteiger partial charge in [0.05, 0.1) is 17.2 Å². The average molecular weight is 435 g/mol. The molecule has 0 aliphatic carbocycles. The summed E-state index contributed by atoms with van der Waals surface area (Å²) < 4.78 is 5.64. The highest BCUT2D eigenvalue weighted by atomic mass is 35.5. The van der Waals surface area contributed by atoms with Crippen molar-refractivity contribution in [3.05, 3.63) is 50.4 Å². The molecule has 0 radical (unpaired) electrons. The lowest BCUT2D eigenvalue weighted by atomic mass is 9.74. The summed E-state index contributed by atoms with van der Waals surface area (Å²) in [5.41, 5.74) is 2.35. The van der Waals surface area contributed by atoms with Crippen LogP contribution in [0.15, 0.2) is 29.3 Å². The van der Waals surface area contributed by atoms with Crippen LogP contribution in [0.3, 0.4) is 0 Å². The molecule has 5 nitrogen and oxygen atoms in total. The SMILES string of the molecule is CCNC(=NCC1(c2cccc(Cl)c2)CCOCC1)NCCc1nc(C)c(C)s1. The van der Waals surface area contributed by atoms with Crippen molar-refractivity contribution in [2.75, 3.05) is 32.8 Å². The Balaban J connectivity index is 1.68. The fourth-order valence-corrected chi connectivity index (χ4v) is 4.75. The van der Waals surface area contributed by atoms with Crippen molar-refractivity contribution in [1.82, 2.24) is 15.6 Å². The summed E-state index contributed by atoms with van der Waals surface area (Å²) in [5.74, 6) is 0.852. The monoisotopic (exact) mass is 434 g/mol. The summed E-state index contributed by atoms with van der Waals surface area (Å²) in [6.45, 7) is 10.1. The number of halogens is 1. The Bertz CT molecular complexity index is 810. The topological polar surface area (TPSA) is 58.5 Å². The van der Waals surface area contributed by atoms with Crippen LogP contribution in [0.4, 0.5) is 0 Å². The number of rotatable bonds is 7. The van der Waals surface area contributed by atoms with Gasteiger partial charge >= 0.3 is 0 Å². The van der Waals surface area contributed by atoms with E-state index in [1.54, 1.807) is 11.3 Å². The number of thiazole rings is 1. The van der Waals surface area contributed by atoms with Crippen molar-refractivity contribution < 1.29 is 4.74 Å². The third kappa shape index (κ3) is 5.93. The maximum atomic E-state index is 6.28. The van der Waals surface area contributed by atoms with Crippen LogP contribution in [-0.2, 0) is 16.6 Å². The van der Waals surface area contributed by atoms with E-state index in [4.69, 9.17) is 21.3 Å². The predicted octanol–water partition coefficient (Wildman–Crippen LogP) is 4.26. The Hall–Kier alpha value is -1.63. The Morgan fingerprint density at radius 3 is 2.72 bits per heavy atom. The Kier molecular flexibility index (Phi) is 7.92. The van der Waals surface area contributed by atoms with Gasteiger partial charge in [0.15, 0.2) is 5.96 Å². The van der Waals surface area contributed by atoms with E-state index in [9.17, 15) is 0 Å². The van der Waals surface area contributed by atoms with Gasteiger partial charge in [-0.1, -0.05) is 23.7 Å². The van der Waals surface area contributed by atoms with Gasteiger partial charge in [-0.3, -0.25) is 4.99 Å². The van der Waals surface area contributed by atoms with Crippen LogP contribution < -0.4 is 10.6 Å². The molecule has 1 saturated heterocycles. The van der Waals surface area contributed by atoms with Crippen molar-refractivity contribution in [3.8, 4) is 0 Å². The second kappa shape index (κ2) is 10.4. The summed E-state index contributed by atoms with van der Waals surface area (Å²) in [5, 5.41) is 8.78. The minimum absolute atomic E-state index is 0.0327. The normalized spacial score (nSPS) is 16.6. The molecule has 1 aromatic carbocycles. The zero-order valence-electron chi connectivity index (χ0n) is 17.6. The number of nitrogens with zero attached hydrogens (tertiary/aromatic N) is 2. The van der Waals surface area contributed by atoms with Gasteiger partial charge in [-0.05, 0) is 51.3 Å². The first-order valence-corrected chi connectivity index (χ1v) is 11.5. The van der Waals surface area contributed by atoms with Crippen molar-refractivity contribution in [3.63, 3.8) is 0 Å². The number of hydrogen-bond acceptors (Lipinski definition) is 4. The van der Waals surface area contributed by atoms with E-state index in [-0.39, 0.29) is 5.41 Å². The molecule has 0 saturated carbocycles. The van der Waals surface area contributed by atoms with Crippen LogP contribution in [0.1, 0.15) is 40.9 Å². The van der Waals surface area contributed by atoms with Crippen molar-refractivity contribution in [2.45, 2.75) is 45.4 Å². The van der Waals surface area contributed by atoms with E-state index in [2.05, 4.69) is 48.5 Å². The van der Waals surface area contributed by atoms with Crippen molar-refractivity contribution in [1.29, 1.82) is 0 Å². The largest absolute Gasteiger partial charge is 0.381 e. The number of aliphatic imine (C=N–C) groups is 1. The van der Waals surface area contributed by atoms with Crippen LogP contribution in [0, 0.1) is 13.8 Å². The van der Waals surface area contributed by atoms with Crippen LogP contribution in [0.2, 0.25) is 5.02 Å². The van der Waals surface area contributed by atoms with E-state index in [0.717, 1.165) is 62.2 Å². The van der Waals surface area contributed by atoms with E-state index < -0.39 is 0 Å². The smallest absolute Gasteiger partial charge is 0.191 e. The van der Waals surface area contributed by atoms with Gasteiger partial charge in [0.25, 0.3) is 0 Å².